The van der Waals surface area contributed by atoms with Gasteiger partial charge < -0.3 is 4.74 Å². The maximum Gasteiger partial charge on any atom is 0.433 e. The Labute approximate surface area is 154 Å². The molecule has 0 aliphatic heterocycles. The van der Waals surface area contributed by atoms with Gasteiger partial charge in [-0.15, -0.1) is 0 Å². The fourth-order valence-corrected chi connectivity index (χ4v) is 2.84. The van der Waals surface area contributed by atoms with E-state index >= 15 is 0 Å². The van der Waals surface area contributed by atoms with Gasteiger partial charge in [0.15, 0.2) is 0 Å². The van der Waals surface area contributed by atoms with Crippen LogP contribution in [0.1, 0.15) is 21.6 Å². The lowest BCUT2D eigenvalue weighted by Gasteiger charge is -2.17. The number of alkyl halides is 3. The quantitative estimate of drug-likeness (QED) is 0.568. The van der Waals surface area contributed by atoms with Crippen molar-refractivity contribution in [2.75, 3.05) is 7.11 Å². The molecule has 0 bridgehead atoms. The predicted molar refractivity (Wildman–Crippen MR) is 96.2 cm³/mol. The highest BCUT2D eigenvalue weighted by Crippen LogP contribution is 2.37. The molecule has 3 nitrogen and oxygen atoms in total. The van der Waals surface area contributed by atoms with Crippen molar-refractivity contribution in [3.8, 4) is 22.4 Å². The summed E-state index contributed by atoms with van der Waals surface area (Å²) < 4.78 is 45.3. The molecule has 0 fully saturated rings. The van der Waals surface area contributed by atoms with Gasteiger partial charge in [0.25, 0.3) is 0 Å². The lowest BCUT2D eigenvalue weighted by atomic mass is 9.94. The Hall–Kier alpha value is -3.15. The lowest BCUT2D eigenvalue weighted by molar-refractivity contribution is -0.141. The topological polar surface area (TPSA) is 39.2 Å². The van der Waals surface area contributed by atoms with Crippen LogP contribution < -0.4 is 0 Å². The average Bonchev–Trinajstić information content (AvgIpc) is 2.66. The van der Waals surface area contributed by atoms with Crippen LogP contribution in [0.4, 0.5) is 13.2 Å². The average molecular weight is 371 g/mol. The van der Waals surface area contributed by atoms with Gasteiger partial charge in [0.1, 0.15) is 5.69 Å². The smallest absolute Gasteiger partial charge is 0.433 e. The van der Waals surface area contributed by atoms with E-state index in [1.54, 1.807) is 48.5 Å². The fraction of sp³-hybridized carbons (Fsp3) is 0.143. The zero-order chi connectivity index (χ0) is 19.6. The Morgan fingerprint density at radius 1 is 0.963 bits per heavy atom. The van der Waals surface area contributed by atoms with Gasteiger partial charge in [-0.05, 0) is 18.6 Å². The van der Waals surface area contributed by atoms with Crippen LogP contribution in [0.5, 0.6) is 0 Å². The van der Waals surface area contributed by atoms with Crippen LogP contribution in [0.2, 0.25) is 0 Å². The molecular formula is C21H16F3NO2. The summed E-state index contributed by atoms with van der Waals surface area (Å²) in [6.07, 6.45) is -4.66. The number of benzene rings is 2. The van der Waals surface area contributed by atoms with Gasteiger partial charge in [0, 0.05) is 11.1 Å². The van der Waals surface area contributed by atoms with Gasteiger partial charge >= 0.3 is 12.1 Å². The minimum absolute atomic E-state index is 0.00213. The third-order valence-electron chi connectivity index (χ3n) is 4.08. The number of hydrogen-bond acceptors (Lipinski definition) is 3. The van der Waals surface area contributed by atoms with Gasteiger partial charge in [-0.25, -0.2) is 9.78 Å². The maximum absolute atomic E-state index is 13.5. The number of aryl methyl sites for hydroxylation is 1. The first-order valence-electron chi connectivity index (χ1n) is 8.14. The van der Waals surface area contributed by atoms with Gasteiger partial charge in [-0.3, -0.25) is 0 Å². The van der Waals surface area contributed by atoms with E-state index < -0.39 is 17.8 Å². The largest absolute Gasteiger partial charge is 0.465 e. The summed E-state index contributed by atoms with van der Waals surface area (Å²) in [6, 6.07) is 16.1. The molecule has 138 valence electrons. The highest BCUT2D eigenvalue weighted by molar-refractivity contribution is 6.03. The van der Waals surface area contributed by atoms with Crippen molar-refractivity contribution in [2.45, 2.75) is 13.1 Å². The molecule has 0 N–H and O–H groups in total. The van der Waals surface area contributed by atoms with Crippen molar-refractivity contribution in [1.82, 2.24) is 4.98 Å². The normalized spacial score (nSPS) is 11.3. The molecule has 1 aromatic heterocycles. The third kappa shape index (κ3) is 3.84. The van der Waals surface area contributed by atoms with Crippen molar-refractivity contribution < 1.29 is 22.7 Å². The molecule has 6 heteroatoms. The molecule has 0 unspecified atom stereocenters. The fourth-order valence-electron chi connectivity index (χ4n) is 2.84. The summed E-state index contributed by atoms with van der Waals surface area (Å²) in [5, 5.41) is 0. The molecule has 1 heterocycles. The Morgan fingerprint density at radius 3 is 2.22 bits per heavy atom. The lowest BCUT2D eigenvalue weighted by Crippen LogP contribution is -2.14. The molecule has 0 aliphatic carbocycles. The number of methoxy groups -OCH3 is 1. The van der Waals surface area contributed by atoms with Crippen molar-refractivity contribution in [1.29, 1.82) is 0 Å². The Kier molecular flexibility index (Phi) is 4.99. The van der Waals surface area contributed by atoms with Crippen LogP contribution in [0.15, 0.2) is 60.7 Å². The maximum atomic E-state index is 13.5. The summed E-state index contributed by atoms with van der Waals surface area (Å²) in [7, 11) is 1.19. The Morgan fingerprint density at radius 2 is 1.63 bits per heavy atom. The molecule has 2 aromatic carbocycles. The second-order valence-electron chi connectivity index (χ2n) is 6.00. The Bertz CT molecular complexity index is 982. The highest BCUT2D eigenvalue weighted by Gasteiger charge is 2.35. The van der Waals surface area contributed by atoms with E-state index in [1.165, 1.54) is 7.11 Å². The van der Waals surface area contributed by atoms with Crippen LogP contribution in [-0.2, 0) is 10.9 Å². The van der Waals surface area contributed by atoms with E-state index in [9.17, 15) is 18.0 Å². The summed E-state index contributed by atoms with van der Waals surface area (Å²) in [5.74, 6) is -0.744. The van der Waals surface area contributed by atoms with Crippen LogP contribution in [0, 0.1) is 6.92 Å². The van der Waals surface area contributed by atoms with Crippen LogP contribution in [0.3, 0.4) is 0 Å². The van der Waals surface area contributed by atoms with Gasteiger partial charge in [0.05, 0.1) is 18.4 Å². The second kappa shape index (κ2) is 7.23. The summed E-state index contributed by atoms with van der Waals surface area (Å²) in [4.78, 5) is 16.3. The first-order chi connectivity index (χ1) is 12.8. The van der Waals surface area contributed by atoms with E-state index in [1.807, 2.05) is 13.0 Å². The highest BCUT2D eigenvalue weighted by atomic mass is 19.4. The van der Waals surface area contributed by atoms with Crippen molar-refractivity contribution >= 4 is 5.97 Å². The monoisotopic (exact) mass is 371 g/mol. The molecule has 0 aliphatic rings. The molecule has 0 spiro atoms. The number of nitrogens with zero attached hydrogens (tertiary/aromatic N) is 1. The molecular weight excluding hydrogens is 355 g/mol. The SMILES string of the molecule is COC(=O)c1c(-c2cccc(C)c2)cc(C(F)(F)F)nc1-c1ccccc1. The van der Waals surface area contributed by atoms with Crippen molar-refractivity contribution in [2.24, 2.45) is 0 Å². The number of carbonyl (C=O) groups is 1. The van der Waals surface area contributed by atoms with Crippen LogP contribution in [-0.4, -0.2) is 18.1 Å². The Balaban J connectivity index is 2.41. The van der Waals surface area contributed by atoms with E-state index in [2.05, 4.69) is 4.98 Å². The number of carbonyl (C=O) groups excluding carboxylic acids is 1. The summed E-state index contributed by atoms with van der Waals surface area (Å²) in [6.45, 7) is 1.82. The molecule has 0 radical (unpaired) electrons. The number of rotatable bonds is 3. The predicted octanol–water partition coefficient (Wildman–Crippen LogP) is 5.53. The van der Waals surface area contributed by atoms with E-state index in [-0.39, 0.29) is 16.8 Å². The molecule has 0 amide bonds. The van der Waals surface area contributed by atoms with Crippen molar-refractivity contribution in [3.05, 3.63) is 77.5 Å². The second-order valence-corrected chi connectivity index (χ2v) is 6.00. The number of halogens is 3. The molecule has 0 saturated carbocycles. The minimum Gasteiger partial charge on any atom is -0.465 e. The van der Waals surface area contributed by atoms with E-state index in [0.717, 1.165) is 11.6 Å². The first kappa shape index (κ1) is 18.6. The molecule has 3 aromatic rings. The number of hydrogen-bond donors (Lipinski definition) is 0. The van der Waals surface area contributed by atoms with E-state index in [0.29, 0.717) is 11.1 Å². The summed E-state index contributed by atoms with van der Waals surface area (Å²) >= 11 is 0. The van der Waals surface area contributed by atoms with Crippen molar-refractivity contribution in [3.63, 3.8) is 0 Å². The zero-order valence-corrected chi connectivity index (χ0v) is 14.7. The first-order valence-corrected chi connectivity index (χ1v) is 8.14. The molecule has 3 rings (SSSR count). The van der Waals surface area contributed by atoms with E-state index in [4.69, 9.17) is 4.74 Å². The van der Waals surface area contributed by atoms with Crippen LogP contribution in [0.25, 0.3) is 22.4 Å². The molecule has 0 saturated heterocycles. The number of aromatic nitrogens is 1. The van der Waals surface area contributed by atoms with Gasteiger partial charge in [0.2, 0.25) is 0 Å². The van der Waals surface area contributed by atoms with Gasteiger partial charge in [-0.1, -0.05) is 60.2 Å². The third-order valence-corrected chi connectivity index (χ3v) is 4.08. The summed E-state index contributed by atoms with van der Waals surface area (Å²) in [5.41, 5.74) is 0.752. The molecule has 0 atom stereocenters. The number of esters is 1. The number of ether oxygens (including phenoxy) is 1. The standard InChI is InChI=1S/C21H16F3NO2/c1-13-7-6-10-15(11-13)16-12-17(21(22,23)24)25-19(18(16)20(26)27-2)14-8-4-3-5-9-14/h3-12H,1-2H3. The zero-order valence-electron chi connectivity index (χ0n) is 14.7. The van der Waals surface area contributed by atoms with Gasteiger partial charge in [-0.2, -0.15) is 13.2 Å². The number of pyridine rings is 1. The molecule has 27 heavy (non-hydrogen) atoms. The minimum atomic E-state index is -4.66. The van der Waals surface area contributed by atoms with Crippen LogP contribution >= 0.6 is 0 Å².